The van der Waals surface area contributed by atoms with Crippen LogP contribution in [0, 0.1) is 11.3 Å². The second-order valence-corrected chi connectivity index (χ2v) is 15.6. The van der Waals surface area contributed by atoms with Crippen molar-refractivity contribution in [3.05, 3.63) is 72.7 Å². The largest absolute Gasteiger partial charge is 0.465 e. The number of hydrogen-bond acceptors (Lipinski definition) is 8. The molecule has 3 aromatic heterocycles. The lowest BCUT2D eigenvalue weighted by Crippen LogP contribution is -2.29. The first-order valence-corrected chi connectivity index (χ1v) is 18.1. The van der Waals surface area contributed by atoms with E-state index in [2.05, 4.69) is 26.1 Å². The summed E-state index contributed by atoms with van der Waals surface area (Å²) in [6, 6.07) is 9.90. The first-order valence-electron chi connectivity index (χ1n) is 15.4. The average Bonchev–Trinajstić information content (AvgIpc) is 3.59. The maximum Gasteiger partial charge on any atom is 0.341 e. The van der Waals surface area contributed by atoms with E-state index in [-0.39, 0.29) is 22.6 Å². The van der Waals surface area contributed by atoms with E-state index >= 15 is 0 Å². The van der Waals surface area contributed by atoms with Crippen LogP contribution >= 0.6 is 34.4 Å². The van der Waals surface area contributed by atoms with E-state index in [1.54, 1.807) is 15.9 Å². The molecule has 1 unspecified atom stereocenters. The number of carbonyl (C=O) groups is 2. The highest BCUT2D eigenvalue weighted by Gasteiger charge is 2.34. The number of anilines is 1. The van der Waals surface area contributed by atoms with Crippen molar-refractivity contribution in [2.45, 2.75) is 83.8 Å². The lowest BCUT2D eigenvalue weighted by Gasteiger charge is -2.36. The highest BCUT2D eigenvalue weighted by molar-refractivity contribution is 7.99. The Morgan fingerprint density at radius 2 is 1.86 bits per heavy atom. The van der Waals surface area contributed by atoms with Gasteiger partial charge in [-0.3, -0.25) is 14.2 Å². The molecule has 0 saturated heterocycles. The number of aryl methyl sites for hydroxylation is 2. The number of thiophene rings is 2. The number of carbonyl (C=O) groups excluding carboxylic acids is 2. The van der Waals surface area contributed by atoms with Crippen LogP contribution in [0.2, 0.25) is 0 Å². The summed E-state index contributed by atoms with van der Waals surface area (Å²) in [7, 11) is 1.37. The number of methoxy groups -OCH3 is 1. The van der Waals surface area contributed by atoms with Gasteiger partial charge in [-0.15, -0.1) is 22.7 Å². The van der Waals surface area contributed by atoms with Crippen LogP contribution in [0.3, 0.4) is 0 Å². The van der Waals surface area contributed by atoms with Crippen LogP contribution in [-0.2, 0) is 41.8 Å². The molecule has 1 atom stereocenters. The third-order valence-corrected chi connectivity index (χ3v) is 12.8. The van der Waals surface area contributed by atoms with Gasteiger partial charge in [0.2, 0.25) is 5.91 Å². The number of aromatic nitrogens is 2. The van der Waals surface area contributed by atoms with Crippen molar-refractivity contribution in [2.24, 2.45) is 11.3 Å². The van der Waals surface area contributed by atoms with Crippen molar-refractivity contribution in [3.63, 3.8) is 0 Å². The van der Waals surface area contributed by atoms with Gasteiger partial charge in [-0.1, -0.05) is 69.3 Å². The van der Waals surface area contributed by atoms with Crippen molar-refractivity contribution >= 4 is 61.5 Å². The Morgan fingerprint density at radius 1 is 1.09 bits per heavy atom. The minimum Gasteiger partial charge on any atom is -0.465 e. The van der Waals surface area contributed by atoms with Gasteiger partial charge in [0, 0.05) is 9.75 Å². The number of thioether (sulfide) groups is 1. The molecule has 2 aliphatic rings. The highest BCUT2D eigenvalue weighted by atomic mass is 32.2. The van der Waals surface area contributed by atoms with Gasteiger partial charge in [0.15, 0.2) is 5.16 Å². The molecule has 0 saturated carbocycles. The number of rotatable bonds is 9. The Hall–Kier alpha value is -2.95. The molecular formula is C34H39N3O4S3. The van der Waals surface area contributed by atoms with Gasteiger partial charge in [-0.2, -0.15) is 0 Å². The molecule has 1 amide bonds. The van der Waals surface area contributed by atoms with E-state index in [0.717, 1.165) is 77.6 Å². The molecule has 1 aromatic carbocycles. The van der Waals surface area contributed by atoms with Gasteiger partial charge in [0.05, 0.1) is 30.4 Å². The molecule has 1 N–H and O–H groups in total. The summed E-state index contributed by atoms with van der Waals surface area (Å²) in [4.78, 5) is 48.4. The van der Waals surface area contributed by atoms with Crippen LogP contribution in [0.15, 0.2) is 40.3 Å². The van der Waals surface area contributed by atoms with Crippen molar-refractivity contribution in [3.8, 4) is 0 Å². The van der Waals surface area contributed by atoms with Crippen molar-refractivity contribution < 1.29 is 14.3 Å². The Balaban J connectivity index is 1.31. The van der Waals surface area contributed by atoms with Gasteiger partial charge in [-0.05, 0) is 73.0 Å². The zero-order chi connectivity index (χ0) is 31.0. The van der Waals surface area contributed by atoms with Crippen LogP contribution in [0.5, 0.6) is 0 Å². The molecular weight excluding hydrogens is 611 g/mol. The monoisotopic (exact) mass is 649 g/mol. The van der Waals surface area contributed by atoms with Gasteiger partial charge in [0.25, 0.3) is 5.56 Å². The first-order chi connectivity index (χ1) is 21.2. The summed E-state index contributed by atoms with van der Waals surface area (Å²) in [6.45, 7) is 7.33. The van der Waals surface area contributed by atoms with E-state index in [0.29, 0.717) is 28.2 Å². The van der Waals surface area contributed by atoms with Crippen LogP contribution in [-0.4, -0.2) is 34.3 Å². The van der Waals surface area contributed by atoms with Crippen molar-refractivity contribution in [1.82, 2.24) is 9.55 Å². The number of hydrogen-bond donors (Lipinski definition) is 1. The molecule has 0 fully saturated rings. The predicted molar refractivity (Wildman–Crippen MR) is 181 cm³/mol. The maximum atomic E-state index is 14.2. The Labute approximate surface area is 270 Å². The Morgan fingerprint density at radius 3 is 2.61 bits per heavy atom. The summed E-state index contributed by atoms with van der Waals surface area (Å²) in [6.07, 6.45) is 7.90. The number of nitrogens with one attached hydrogen (secondary N) is 1. The second kappa shape index (κ2) is 12.8. The second-order valence-electron chi connectivity index (χ2n) is 12.5. The molecule has 0 aliphatic heterocycles. The van der Waals surface area contributed by atoms with E-state index in [4.69, 9.17) is 9.72 Å². The minimum atomic E-state index is -0.414. The molecule has 232 valence electrons. The number of fused-ring (bicyclic) bond motifs is 4. The van der Waals surface area contributed by atoms with Crippen molar-refractivity contribution in [1.29, 1.82) is 0 Å². The number of amides is 1. The Bertz CT molecular complexity index is 1770. The lowest BCUT2D eigenvalue weighted by molar-refractivity contribution is -0.113. The lowest BCUT2D eigenvalue weighted by atomic mass is 9.70. The molecule has 7 nitrogen and oxygen atoms in total. The molecule has 44 heavy (non-hydrogen) atoms. The summed E-state index contributed by atoms with van der Waals surface area (Å²) >= 11 is 4.38. The SMILES string of the molecule is CCC(C)(C)C1CCc2c(sc3nc(SCC(=O)Nc4sc5c(c4C(=O)OC)CCCC5)n(Cc4ccccc4)c(=O)c23)C1. The number of ether oxygens (including phenoxy) is 1. The van der Waals surface area contributed by atoms with E-state index in [1.807, 2.05) is 30.3 Å². The van der Waals surface area contributed by atoms with Crippen LogP contribution in [0.25, 0.3) is 10.2 Å². The molecule has 0 bridgehead atoms. The molecule has 10 heteroatoms. The smallest absolute Gasteiger partial charge is 0.341 e. The molecule has 2 aliphatic carbocycles. The number of nitrogens with zero attached hydrogens (tertiary/aromatic N) is 2. The summed E-state index contributed by atoms with van der Waals surface area (Å²) in [5.41, 5.74) is 3.87. The fourth-order valence-corrected chi connectivity index (χ4v) is 9.91. The van der Waals surface area contributed by atoms with Crippen LogP contribution in [0.1, 0.15) is 83.3 Å². The standard InChI is InChI=1S/C34H39N3O4S3/c1-5-34(2,3)21-15-16-23-25(17-21)44-29-27(23)31(39)37(18-20-11-7-6-8-12-20)33(36-29)42-19-26(38)35-30-28(32(40)41-4)22-13-9-10-14-24(22)43-30/h6-8,11-12,21H,5,9-10,13-19H2,1-4H3,(H,35,38). The van der Waals surface area contributed by atoms with E-state index < -0.39 is 5.97 Å². The third-order valence-electron chi connectivity index (χ3n) is 9.48. The van der Waals surface area contributed by atoms with Gasteiger partial charge >= 0.3 is 5.97 Å². The van der Waals surface area contributed by atoms with E-state index in [1.165, 1.54) is 40.6 Å². The van der Waals surface area contributed by atoms with Gasteiger partial charge in [-0.25, -0.2) is 9.78 Å². The fourth-order valence-electron chi connectivity index (χ4n) is 6.48. The zero-order valence-electron chi connectivity index (χ0n) is 25.8. The first kappa shape index (κ1) is 31.0. The average molecular weight is 650 g/mol. The normalized spacial score (nSPS) is 16.4. The molecule has 4 aromatic rings. The predicted octanol–water partition coefficient (Wildman–Crippen LogP) is 7.51. The van der Waals surface area contributed by atoms with Crippen LogP contribution < -0.4 is 10.9 Å². The molecule has 6 rings (SSSR count). The Kier molecular flexibility index (Phi) is 9.04. The molecule has 0 radical (unpaired) electrons. The van der Waals surface area contributed by atoms with Crippen LogP contribution in [0.4, 0.5) is 5.00 Å². The number of esters is 1. The maximum absolute atomic E-state index is 14.2. The minimum absolute atomic E-state index is 0.0358. The van der Waals surface area contributed by atoms with Gasteiger partial charge < -0.3 is 10.1 Å². The van der Waals surface area contributed by atoms with E-state index in [9.17, 15) is 14.4 Å². The quantitative estimate of drug-likeness (QED) is 0.115. The summed E-state index contributed by atoms with van der Waals surface area (Å²) in [5, 5.41) is 4.81. The molecule has 3 heterocycles. The third kappa shape index (κ3) is 6.00. The fraction of sp³-hybridized carbons (Fsp3) is 0.471. The molecule has 0 spiro atoms. The summed E-state index contributed by atoms with van der Waals surface area (Å²) in [5.74, 6) is -0.0138. The summed E-state index contributed by atoms with van der Waals surface area (Å²) < 4.78 is 6.80. The van der Waals surface area contributed by atoms with Crippen molar-refractivity contribution in [2.75, 3.05) is 18.2 Å². The topological polar surface area (TPSA) is 90.3 Å². The number of benzene rings is 1. The van der Waals surface area contributed by atoms with Gasteiger partial charge in [0.1, 0.15) is 9.83 Å². The highest BCUT2D eigenvalue weighted by Crippen LogP contribution is 2.44. The zero-order valence-corrected chi connectivity index (χ0v) is 28.2.